The zero-order valence-corrected chi connectivity index (χ0v) is 13.3. The van der Waals surface area contributed by atoms with Gasteiger partial charge in [-0.25, -0.2) is 4.98 Å². The number of aromatic nitrogens is 3. The number of halogens is 2. The van der Waals surface area contributed by atoms with Crippen molar-refractivity contribution in [3.8, 4) is 5.75 Å². The molecule has 2 heterocycles. The first-order chi connectivity index (χ1) is 8.61. The summed E-state index contributed by atoms with van der Waals surface area (Å²) in [6, 6.07) is 3.73. The highest BCUT2D eigenvalue weighted by molar-refractivity contribution is 9.10. The Morgan fingerprint density at radius 3 is 2.67 bits per heavy atom. The standard InChI is InChI=1S/C12H13Br2N3O/c1-3-9-12(14)10(17(2)16-9)7-18-8-4-5-11(13)15-6-8/h4-6H,3,7H2,1-2H3. The number of ether oxygens (including phenoxy) is 1. The highest BCUT2D eigenvalue weighted by Gasteiger charge is 2.12. The molecular formula is C12H13Br2N3O. The molecule has 0 saturated heterocycles. The quantitative estimate of drug-likeness (QED) is 0.769. The molecule has 0 saturated carbocycles. The number of hydrogen-bond acceptors (Lipinski definition) is 3. The van der Waals surface area contributed by atoms with Gasteiger partial charge in [0.05, 0.1) is 22.1 Å². The van der Waals surface area contributed by atoms with E-state index in [1.807, 2.05) is 23.9 Å². The molecule has 0 aliphatic carbocycles. The third kappa shape index (κ3) is 2.92. The van der Waals surface area contributed by atoms with E-state index in [0.717, 1.165) is 32.6 Å². The second-order valence-electron chi connectivity index (χ2n) is 3.79. The van der Waals surface area contributed by atoms with Crippen LogP contribution in [0.1, 0.15) is 18.3 Å². The monoisotopic (exact) mass is 373 g/mol. The van der Waals surface area contributed by atoms with Gasteiger partial charge in [0.1, 0.15) is 17.0 Å². The number of pyridine rings is 1. The fourth-order valence-electron chi connectivity index (χ4n) is 1.58. The van der Waals surface area contributed by atoms with Crippen molar-refractivity contribution in [3.05, 3.63) is 38.8 Å². The minimum Gasteiger partial charge on any atom is -0.486 e. The molecule has 0 spiro atoms. The first kappa shape index (κ1) is 13.5. The molecule has 2 rings (SSSR count). The van der Waals surface area contributed by atoms with Gasteiger partial charge in [-0.05, 0) is 50.4 Å². The number of nitrogens with zero attached hydrogens (tertiary/aromatic N) is 3. The lowest BCUT2D eigenvalue weighted by molar-refractivity contribution is 0.293. The summed E-state index contributed by atoms with van der Waals surface area (Å²) in [6.45, 7) is 2.55. The first-order valence-electron chi connectivity index (χ1n) is 5.56. The topological polar surface area (TPSA) is 39.9 Å². The Morgan fingerprint density at radius 2 is 2.11 bits per heavy atom. The molecule has 2 aromatic heterocycles. The summed E-state index contributed by atoms with van der Waals surface area (Å²) >= 11 is 6.85. The van der Waals surface area contributed by atoms with Gasteiger partial charge >= 0.3 is 0 Å². The first-order valence-corrected chi connectivity index (χ1v) is 7.15. The van der Waals surface area contributed by atoms with Crippen LogP contribution in [-0.4, -0.2) is 14.8 Å². The van der Waals surface area contributed by atoms with Crippen LogP contribution in [0.3, 0.4) is 0 Å². The molecule has 0 unspecified atom stereocenters. The van der Waals surface area contributed by atoms with E-state index in [1.165, 1.54) is 0 Å². The smallest absolute Gasteiger partial charge is 0.138 e. The van der Waals surface area contributed by atoms with Gasteiger partial charge in [0.25, 0.3) is 0 Å². The van der Waals surface area contributed by atoms with E-state index >= 15 is 0 Å². The predicted molar refractivity (Wildman–Crippen MR) is 76.6 cm³/mol. The predicted octanol–water partition coefficient (Wildman–Crippen LogP) is 3.48. The highest BCUT2D eigenvalue weighted by atomic mass is 79.9. The van der Waals surface area contributed by atoms with Gasteiger partial charge in [0.2, 0.25) is 0 Å². The van der Waals surface area contributed by atoms with Gasteiger partial charge < -0.3 is 4.74 Å². The molecule has 96 valence electrons. The van der Waals surface area contributed by atoms with Crippen molar-refractivity contribution in [3.63, 3.8) is 0 Å². The Kier molecular flexibility index (Phi) is 4.40. The average Bonchev–Trinajstić information content (AvgIpc) is 2.64. The van der Waals surface area contributed by atoms with Gasteiger partial charge in [-0.2, -0.15) is 5.10 Å². The zero-order chi connectivity index (χ0) is 13.1. The van der Waals surface area contributed by atoms with E-state index in [9.17, 15) is 0 Å². The molecule has 0 aromatic carbocycles. The summed E-state index contributed by atoms with van der Waals surface area (Å²) in [6.07, 6.45) is 2.59. The SMILES string of the molecule is CCc1nn(C)c(COc2ccc(Br)nc2)c1Br. The maximum Gasteiger partial charge on any atom is 0.138 e. The lowest BCUT2D eigenvalue weighted by Gasteiger charge is -2.06. The second kappa shape index (κ2) is 5.84. The molecule has 2 aromatic rings. The molecule has 0 atom stereocenters. The van der Waals surface area contributed by atoms with Crippen molar-refractivity contribution < 1.29 is 4.74 Å². The van der Waals surface area contributed by atoms with Crippen LogP contribution < -0.4 is 4.74 Å². The fourth-order valence-corrected chi connectivity index (χ4v) is 2.54. The Hall–Kier alpha value is -0.880. The molecule has 0 radical (unpaired) electrons. The summed E-state index contributed by atoms with van der Waals surface area (Å²) in [4.78, 5) is 4.12. The molecule has 0 aliphatic heterocycles. The average molecular weight is 375 g/mol. The second-order valence-corrected chi connectivity index (χ2v) is 5.40. The van der Waals surface area contributed by atoms with Crippen molar-refractivity contribution in [2.45, 2.75) is 20.0 Å². The van der Waals surface area contributed by atoms with Gasteiger partial charge in [-0.1, -0.05) is 6.92 Å². The van der Waals surface area contributed by atoms with Crippen molar-refractivity contribution in [1.29, 1.82) is 0 Å². The van der Waals surface area contributed by atoms with E-state index in [-0.39, 0.29) is 0 Å². The van der Waals surface area contributed by atoms with Crippen LogP contribution in [0.25, 0.3) is 0 Å². The molecule has 4 nitrogen and oxygen atoms in total. The minimum absolute atomic E-state index is 0.466. The maximum absolute atomic E-state index is 5.69. The number of rotatable bonds is 4. The summed E-state index contributed by atoms with van der Waals surface area (Å²) in [5.74, 6) is 0.740. The highest BCUT2D eigenvalue weighted by Crippen LogP contribution is 2.23. The number of hydrogen-bond donors (Lipinski definition) is 0. The van der Waals surface area contributed by atoms with Crippen LogP contribution in [0.2, 0.25) is 0 Å². The van der Waals surface area contributed by atoms with Crippen molar-refractivity contribution >= 4 is 31.9 Å². The Bertz CT molecular complexity index is 537. The largest absolute Gasteiger partial charge is 0.486 e. The summed E-state index contributed by atoms with van der Waals surface area (Å²) in [5.41, 5.74) is 2.07. The van der Waals surface area contributed by atoms with E-state index in [1.54, 1.807) is 6.20 Å². The molecule has 0 aliphatic rings. The third-order valence-corrected chi connectivity index (χ3v) is 3.96. The summed E-state index contributed by atoms with van der Waals surface area (Å²) < 4.78 is 9.36. The maximum atomic E-state index is 5.69. The van der Waals surface area contributed by atoms with Crippen LogP contribution in [-0.2, 0) is 20.1 Å². The summed E-state index contributed by atoms with van der Waals surface area (Å²) in [7, 11) is 1.92. The number of aryl methyl sites for hydroxylation is 2. The van der Waals surface area contributed by atoms with Gasteiger partial charge in [-0.15, -0.1) is 0 Å². The minimum atomic E-state index is 0.466. The normalized spacial score (nSPS) is 10.7. The lowest BCUT2D eigenvalue weighted by atomic mass is 10.3. The third-order valence-electron chi connectivity index (χ3n) is 2.58. The molecular weight excluding hydrogens is 362 g/mol. The van der Waals surface area contributed by atoms with Gasteiger partial charge in [-0.3, -0.25) is 4.68 Å². The molecule has 0 amide bonds. The fraction of sp³-hybridized carbons (Fsp3) is 0.333. The zero-order valence-electron chi connectivity index (χ0n) is 10.2. The van der Waals surface area contributed by atoms with Crippen molar-refractivity contribution in [2.24, 2.45) is 7.05 Å². The van der Waals surface area contributed by atoms with E-state index in [0.29, 0.717) is 6.61 Å². The van der Waals surface area contributed by atoms with Crippen LogP contribution >= 0.6 is 31.9 Å². The van der Waals surface area contributed by atoms with Crippen molar-refractivity contribution in [2.75, 3.05) is 0 Å². The Labute approximate surface area is 123 Å². The molecule has 0 N–H and O–H groups in total. The van der Waals surface area contributed by atoms with Crippen molar-refractivity contribution in [1.82, 2.24) is 14.8 Å². The van der Waals surface area contributed by atoms with Gasteiger partial charge in [0, 0.05) is 7.05 Å². The van der Waals surface area contributed by atoms with Crippen LogP contribution in [0.5, 0.6) is 5.75 Å². The summed E-state index contributed by atoms with van der Waals surface area (Å²) in [5, 5.41) is 4.42. The van der Waals surface area contributed by atoms with Gasteiger partial charge in [0.15, 0.2) is 0 Å². The van der Waals surface area contributed by atoms with Crippen LogP contribution in [0, 0.1) is 0 Å². The van der Waals surface area contributed by atoms with E-state index in [4.69, 9.17) is 4.74 Å². The lowest BCUT2D eigenvalue weighted by Crippen LogP contribution is -2.03. The van der Waals surface area contributed by atoms with Crippen LogP contribution in [0.4, 0.5) is 0 Å². The Morgan fingerprint density at radius 1 is 1.33 bits per heavy atom. The molecule has 18 heavy (non-hydrogen) atoms. The molecule has 0 fully saturated rings. The molecule has 0 bridgehead atoms. The molecule has 6 heteroatoms. The Balaban J connectivity index is 2.10. The van der Waals surface area contributed by atoms with Crippen LogP contribution in [0.15, 0.2) is 27.4 Å². The van der Waals surface area contributed by atoms with E-state index < -0.39 is 0 Å². The van der Waals surface area contributed by atoms with E-state index in [2.05, 4.69) is 48.9 Å².